The molecule has 0 spiro atoms. The van der Waals surface area contributed by atoms with Crippen molar-refractivity contribution < 1.29 is 13.5 Å². The average Bonchev–Trinajstić information content (AvgIpc) is 2.14. The Morgan fingerprint density at radius 2 is 2.00 bits per heavy atom. The van der Waals surface area contributed by atoms with Crippen molar-refractivity contribution in [1.82, 2.24) is 0 Å². The van der Waals surface area contributed by atoms with Crippen molar-refractivity contribution in [3.05, 3.63) is 0 Å². The smallest absolute Gasteiger partial charge is 0.147 e. The van der Waals surface area contributed by atoms with Crippen LogP contribution in [0.2, 0.25) is 0 Å². The number of hydrogen-bond acceptors (Lipinski definition) is 3. The lowest BCUT2D eigenvalue weighted by Gasteiger charge is -2.42. The van der Waals surface area contributed by atoms with Crippen LogP contribution < -0.4 is 0 Å². The van der Waals surface area contributed by atoms with Gasteiger partial charge in [0.1, 0.15) is 9.84 Å². The minimum Gasteiger partial charge on any atom is -0.390 e. The lowest BCUT2D eigenvalue weighted by molar-refractivity contribution is -0.0677. The third-order valence-electron chi connectivity index (χ3n) is 3.78. The molecule has 3 nitrogen and oxygen atoms in total. The van der Waals surface area contributed by atoms with Gasteiger partial charge in [0.25, 0.3) is 0 Å². The van der Waals surface area contributed by atoms with Gasteiger partial charge in [-0.2, -0.15) is 0 Å². The third kappa shape index (κ3) is 3.74. The van der Waals surface area contributed by atoms with Gasteiger partial charge in [-0.1, -0.05) is 26.7 Å². The molecule has 1 rings (SSSR count). The van der Waals surface area contributed by atoms with Crippen LogP contribution in [0.15, 0.2) is 0 Å². The van der Waals surface area contributed by atoms with Crippen LogP contribution in [-0.2, 0) is 9.84 Å². The van der Waals surface area contributed by atoms with E-state index in [1.165, 1.54) is 6.26 Å². The lowest BCUT2D eigenvalue weighted by atomic mass is 9.69. The van der Waals surface area contributed by atoms with Gasteiger partial charge >= 0.3 is 0 Å². The molecule has 0 aromatic carbocycles. The highest BCUT2D eigenvalue weighted by molar-refractivity contribution is 7.90. The third-order valence-corrected chi connectivity index (χ3v) is 4.72. The molecular formula is C12H24O3S. The minimum atomic E-state index is -2.97. The van der Waals surface area contributed by atoms with E-state index in [1.54, 1.807) is 0 Å². The summed E-state index contributed by atoms with van der Waals surface area (Å²) in [6, 6.07) is 0. The molecule has 96 valence electrons. The molecule has 0 aromatic heterocycles. The first kappa shape index (κ1) is 14.0. The summed E-state index contributed by atoms with van der Waals surface area (Å²) in [7, 11) is -2.97. The molecule has 1 saturated carbocycles. The highest BCUT2D eigenvalue weighted by atomic mass is 32.2. The Morgan fingerprint density at radius 1 is 1.38 bits per heavy atom. The summed E-state index contributed by atoms with van der Waals surface area (Å²) in [5.41, 5.74) is -0.754. The summed E-state index contributed by atoms with van der Waals surface area (Å²) in [6.45, 7) is 4.23. The molecule has 0 saturated heterocycles. The maximum atomic E-state index is 11.2. The molecule has 4 heteroatoms. The van der Waals surface area contributed by atoms with E-state index in [1.807, 2.05) is 0 Å². The Hall–Kier alpha value is -0.0900. The Balaban J connectivity index is 2.70. The van der Waals surface area contributed by atoms with Gasteiger partial charge < -0.3 is 5.11 Å². The second-order valence-corrected chi connectivity index (χ2v) is 7.84. The molecule has 2 unspecified atom stereocenters. The zero-order chi connectivity index (χ0) is 12.4. The molecule has 0 aromatic rings. The van der Waals surface area contributed by atoms with Gasteiger partial charge in [0, 0.05) is 6.26 Å². The van der Waals surface area contributed by atoms with Gasteiger partial charge in [-0.15, -0.1) is 0 Å². The first-order chi connectivity index (χ1) is 7.25. The minimum absolute atomic E-state index is 0.104. The molecule has 1 fully saturated rings. The summed E-state index contributed by atoms with van der Waals surface area (Å²) in [4.78, 5) is 0. The van der Waals surface area contributed by atoms with Crippen molar-refractivity contribution in [2.24, 2.45) is 11.8 Å². The standard InChI is InChI=1S/C12H24O3S/c1-10(2)11-6-4-5-7-12(11,13)8-9-16(3,14)15/h10-11,13H,4-9H2,1-3H3. The van der Waals surface area contributed by atoms with Crippen molar-refractivity contribution in [3.8, 4) is 0 Å². The van der Waals surface area contributed by atoms with E-state index >= 15 is 0 Å². The van der Waals surface area contributed by atoms with Gasteiger partial charge in [0.15, 0.2) is 0 Å². The van der Waals surface area contributed by atoms with E-state index in [2.05, 4.69) is 13.8 Å². The molecule has 2 atom stereocenters. The van der Waals surface area contributed by atoms with E-state index in [9.17, 15) is 13.5 Å². The van der Waals surface area contributed by atoms with E-state index < -0.39 is 15.4 Å². The van der Waals surface area contributed by atoms with Gasteiger partial charge in [-0.3, -0.25) is 0 Å². The first-order valence-electron chi connectivity index (χ1n) is 6.15. The van der Waals surface area contributed by atoms with Gasteiger partial charge in [0.05, 0.1) is 11.4 Å². The number of aliphatic hydroxyl groups is 1. The number of rotatable bonds is 4. The molecule has 16 heavy (non-hydrogen) atoms. The van der Waals surface area contributed by atoms with E-state index in [0.717, 1.165) is 25.7 Å². The molecule has 1 N–H and O–H groups in total. The predicted molar refractivity (Wildman–Crippen MR) is 66.1 cm³/mol. The average molecular weight is 248 g/mol. The van der Waals surface area contributed by atoms with Crippen molar-refractivity contribution in [2.75, 3.05) is 12.0 Å². The zero-order valence-corrected chi connectivity index (χ0v) is 11.4. The first-order valence-corrected chi connectivity index (χ1v) is 8.21. The Labute approximate surface area is 99.2 Å². The van der Waals surface area contributed by atoms with Crippen molar-refractivity contribution in [1.29, 1.82) is 0 Å². The Bertz CT molecular complexity index is 321. The van der Waals surface area contributed by atoms with Crippen LogP contribution in [0, 0.1) is 11.8 Å². The highest BCUT2D eigenvalue weighted by Crippen LogP contribution is 2.40. The fourth-order valence-corrected chi connectivity index (χ4v) is 3.60. The summed E-state index contributed by atoms with van der Waals surface area (Å²) >= 11 is 0. The maximum absolute atomic E-state index is 11.2. The van der Waals surface area contributed by atoms with Crippen molar-refractivity contribution in [3.63, 3.8) is 0 Å². The molecule has 1 aliphatic rings. The second-order valence-electron chi connectivity index (χ2n) is 5.58. The van der Waals surface area contributed by atoms with Crippen LogP contribution in [-0.4, -0.2) is 31.1 Å². The predicted octanol–water partition coefficient (Wildman–Crippen LogP) is 2.00. The number of sulfone groups is 1. The zero-order valence-electron chi connectivity index (χ0n) is 10.6. The largest absolute Gasteiger partial charge is 0.390 e. The summed E-state index contributed by atoms with van der Waals surface area (Å²) in [5.74, 6) is 0.778. The monoisotopic (exact) mass is 248 g/mol. The van der Waals surface area contributed by atoms with Crippen LogP contribution in [0.25, 0.3) is 0 Å². The number of hydrogen-bond donors (Lipinski definition) is 1. The van der Waals surface area contributed by atoms with E-state index in [4.69, 9.17) is 0 Å². The van der Waals surface area contributed by atoms with Crippen molar-refractivity contribution >= 4 is 9.84 Å². The van der Waals surface area contributed by atoms with Gasteiger partial charge in [-0.25, -0.2) is 8.42 Å². The molecule has 0 radical (unpaired) electrons. The van der Waals surface area contributed by atoms with Crippen LogP contribution in [0.3, 0.4) is 0 Å². The normalized spacial score (nSPS) is 31.9. The SMILES string of the molecule is CC(C)C1CCCCC1(O)CCS(C)(=O)=O. The summed E-state index contributed by atoms with van der Waals surface area (Å²) in [6.07, 6.45) is 5.59. The maximum Gasteiger partial charge on any atom is 0.147 e. The van der Waals surface area contributed by atoms with Gasteiger partial charge in [-0.05, 0) is 31.1 Å². The molecule has 0 amide bonds. The Morgan fingerprint density at radius 3 is 2.50 bits per heavy atom. The van der Waals surface area contributed by atoms with E-state index in [0.29, 0.717) is 12.3 Å². The summed E-state index contributed by atoms with van der Waals surface area (Å²) in [5, 5.41) is 10.6. The molecule has 0 heterocycles. The van der Waals surface area contributed by atoms with Crippen LogP contribution in [0.4, 0.5) is 0 Å². The van der Waals surface area contributed by atoms with Crippen LogP contribution in [0.1, 0.15) is 46.0 Å². The quantitative estimate of drug-likeness (QED) is 0.828. The fraction of sp³-hybridized carbons (Fsp3) is 1.00. The lowest BCUT2D eigenvalue weighted by Crippen LogP contribution is -2.44. The van der Waals surface area contributed by atoms with E-state index in [-0.39, 0.29) is 11.7 Å². The molecule has 0 aliphatic heterocycles. The highest BCUT2D eigenvalue weighted by Gasteiger charge is 2.40. The topological polar surface area (TPSA) is 54.4 Å². The molecule has 1 aliphatic carbocycles. The van der Waals surface area contributed by atoms with Crippen LogP contribution >= 0.6 is 0 Å². The van der Waals surface area contributed by atoms with Crippen molar-refractivity contribution in [2.45, 2.75) is 51.6 Å². The molecular weight excluding hydrogens is 224 g/mol. The van der Waals surface area contributed by atoms with Crippen LogP contribution in [0.5, 0.6) is 0 Å². The summed E-state index contributed by atoms with van der Waals surface area (Å²) < 4.78 is 22.4. The van der Waals surface area contributed by atoms with Gasteiger partial charge in [0.2, 0.25) is 0 Å². The second kappa shape index (κ2) is 5.05. The molecule has 0 bridgehead atoms. The Kier molecular flexibility index (Phi) is 4.41. The fourth-order valence-electron chi connectivity index (χ4n) is 2.88.